The molecule has 20 heavy (non-hydrogen) atoms. The van der Waals surface area contributed by atoms with E-state index in [9.17, 15) is 9.59 Å². The van der Waals surface area contributed by atoms with Gasteiger partial charge in [0.15, 0.2) is 0 Å². The number of benzene rings is 1. The van der Waals surface area contributed by atoms with Gasteiger partial charge in [0.1, 0.15) is 5.78 Å². The number of carbonyl (C=O) groups excluding carboxylic acids is 2. The lowest BCUT2D eigenvalue weighted by Gasteiger charge is -2.35. The van der Waals surface area contributed by atoms with Crippen LogP contribution in [0.1, 0.15) is 48.5 Å². The smallest absolute Gasteiger partial charge is 0.254 e. The third kappa shape index (κ3) is 3.48. The lowest BCUT2D eigenvalue weighted by molar-refractivity contribution is -0.118. The summed E-state index contributed by atoms with van der Waals surface area (Å²) in [5, 5.41) is 0. The third-order valence-corrected chi connectivity index (χ3v) is 4.71. The highest BCUT2D eigenvalue weighted by Gasteiger charge is 2.28. The fraction of sp³-hybridized carbons (Fsp3) is 0.500. The van der Waals surface area contributed by atoms with Crippen LogP contribution in [-0.4, -0.2) is 29.2 Å². The van der Waals surface area contributed by atoms with Crippen molar-refractivity contribution in [1.82, 2.24) is 4.90 Å². The number of halogens is 1. The molecule has 1 amide bonds. The van der Waals surface area contributed by atoms with Crippen LogP contribution in [0.5, 0.6) is 0 Å². The van der Waals surface area contributed by atoms with Crippen LogP contribution < -0.4 is 0 Å². The summed E-state index contributed by atoms with van der Waals surface area (Å²) < 4.78 is 1.01. The van der Waals surface area contributed by atoms with Crippen molar-refractivity contribution in [2.24, 2.45) is 0 Å². The van der Waals surface area contributed by atoms with E-state index in [-0.39, 0.29) is 17.7 Å². The van der Waals surface area contributed by atoms with Crippen LogP contribution in [0.15, 0.2) is 22.7 Å². The van der Waals surface area contributed by atoms with Gasteiger partial charge in [-0.1, -0.05) is 15.9 Å². The molecule has 1 fully saturated rings. The molecule has 1 saturated heterocycles. The van der Waals surface area contributed by atoms with Gasteiger partial charge in [0, 0.05) is 29.0 Å². The van der Waals surface area contributed by atoms with Crippen molar-refractivity contribution in [3.63, 3.8) is 0 Å². The van der Waals surface area contributed by atoms with Crippen molar-refractivity contribution >= 4 is 27.6 Å². The van der Waals surface area contributed by atoms with Gasteiger partial charge in [-0.25, -0.2) is 0 Å². The minimum absolute atomic E-state index is 0.0477. The monoisotopic (exact) mass is 337 g/mol. The van der Waals surface area contributed by atoms with Gasteiger partial charge in [0.05, 0.1) is 0 Å². The summed E-state index contributed by atoms with van der Waals surface area (Å²) in [6, 6.07) is 5.73. The first kappa shape index (κ1) is 15.2. The standard InChI is InChI=1S/C16H20BrNO2/c1-11-9-13(6-7-15(11)17)16(20)18-8-4-3-5-14(18)10-12(2)19/h6-7,9,14H,3-5,8,10H2,1-2H3. The molecule has 0 spiro atoms. The molecule has 0 radical (unpaired) electrons. The number of hydrogen-bond donors (Lipinski definition) is 0. The van der Waals surface area contributed by atoms with Crippen LogP contribution in [-0.2, 0) is 4.79 Å². The Bertz CT molecular complexity index is 527. The van der Waals surface area contributed by atoms with Gasteiger partial charge in [-0.15, -0.1) is 0 Å². The summed E-state index contributed by atoms with van der Waals surface area (Å²) >= 11 is 3.45. The predicted molar refractivity (Wildman–Crippen MR) is 82.9 cm³/mol. The molecule has 1 aromatic carbocycles. The molecule has 1 aromatic rings. The van der Waals surface area contributed by atoms with Crippen molar-refractivity contribution in [2.45, 2.75) is 45.6 Å². The minimum Gasteiger partial charge on any atom is -0.335 e. The lowest BCUT2D eigenvalue weighted by Crippen LogP contribution is -2.44. The molecule has 1 unspecified atom stereocenters. The molecule has 0 bridgehead atoms. The van der Waals surface area contributed by atoms with Crippen LogP contribution in [0, 0.1) is 6.92 Å². The maximum Gasteiger partial charge on any atom is 0.254 e. The third-order valence-electron chi connectivity index (χ3n) is 3.82. The summed E-state index contributed by atoms with van der Waals surface area (Å²) in [5.74, 6) is 0.202. The second kappa shape index (κ2) is 6.53. The molecule has 0 N–H and O–H groups in total. The molecule has 2 rings (SSSR count). The van der Waals surface area contributed by atoms with Crippen molar-refractivity contribution < 1.29 is 9.59 Å². The Hall–Kier alpha value is -1.16. The van der Waals surface area contributed by atoms with Crippen LogP contribution in [0.25, 0.3) is 0 Å². The average Bonchev–Trinajstić information content (AvgIpc) is 2.41. The number of nitrogens with zero attached hydrogens (tertiary/aromatic N) is 1. The van der Waals surface area contributed by atoms with E-state index >= 15 is 0 Å². The van der Waals surface area contributed by atoms with E-state index in [1.54, 1.807) is 6.92 Å². The maximum atomic E-state index is 12.7. The van der Waals surface area contributed by atoms with Gasteiger partial charge in [-0.3, -0.25) is 9.59 Å². The van der Waals surface area contributed by atoms with E-state index in [0.717, 1.165) is 35.8 Å². The van der Waals surface area contributed by atoms with Crippen molar-refractivity contribution in [3.05, 3.63) is 33.8 Å². The van der Waals surface area contributed by atoms with Crippen LogP contribution in [0.3, 0.4) is 0 Å². The number of aryl methyl sites for hydroxylation is 1. The largest absolute Gasteiger partial charge is 0.335 e. The quantitative estimate of drug-likeness (QED) is 0.842. The molecule has 1 aliphatic rings. The number of hydrogen-bond acceptors (Lipinski definition) is 2. The van der Waals surface area contributed by atoms with Crippen molar-refractivity contribution in [1.29, 1.82) is 0 Å². The fourth-order valence-electron chi connectivity index (χ4n) is 2.76. The molecule has 1 atom stereocenters. The van der Waals surface area contributed by atoms with E-state index in [0.29, 0.717) is 12.0 Å². The molecule has 108 valence electrons. The Morgan fingerprint density at radius 3 is 2.75 bits per heavy atom. The zero-order chi connectivity index (χ0) is 14.7. The highest BCUT2D eigenvalue weighted by molar-refractivity contribution is 9.10. The summed E-state index contributed by atoms with van der Waals surface area (Å²) in [7, 11) is 0. The number of ketones is 1. The minimum atomic E-state index is 0.0477. The Morgan fingerprint density at radius 2 is 2.10 bits per heavy atom. The van der Waals surface area contributed by atoms with Crippen molar-refractivity contribution in [3.8, 4) is 0 Å². The summed E-state index contributed by atoms with van der Waals surface area (Å²) in [4.78, 5) is 25.9. The van der Waals surface area contributed by atoms with E-state index < -0.39 is 0 Å². The number of rotatable bonds is 3. The van der Waals surface area contributed by atoms with E-state index in [1.165, 1.54) is 0 Å². The van der Waals surface area contributed by atoms with Crippen LogP contribution in [0.4, 0.5) is 0 Å². The van der Waals surface area contributed by atoms with Gasteiger partial charge >= 0.3 is 0 Å². The van der Waals surface area contributed by atoms with E-state index in [1.807, 2.05) is 30.0 Å². The summed E-state index contributed by atoms with van der Waals surface area (Å²) in [6.45, 7) is 4.33. The topological polar surface area (TPSA) is 37.4 Å². The Labute approximate surface area is 128 Å². The SMILES string of the molecule is CC(=O)CC1CCCCN1C(=O)c1ccc(Br)c(C)c1. The highest BCUT2D eigenvalue weighted by atomic mass is 79.9. The molecule has 1 heterocycles. The first-order valence-electron chi connectivity index (χ1n) is 7.05. The Kier molecular flexibility index (Phi) is 4.97. The Balaban J connectivity index is 2.20. The molecular weight excluding hydrogens is 318 g/mol. The first-order valence-corrected chi connectivity index (χ1v) is 7.85. The van der Waals surface area contributed by atoms with Gasteiger partial charge in [-0.05, 0) is 56.9 Å². The van der Waals surface area contributed by atoms with Gasteiger partial charge in [0.25, 0.3) is 5.91 Å². The first-order chi connectivity index (χ1) is 9.49. The Morgan fingerprint density at radius 1 is 1.35 bits per heavy atom. The maximum absolute atomic E-state index is 12.7. The molecule has 0 aromatic heterocycles. The van der Waals surface area contributed by atoms with Crippen molar-refractivity contribution in [2.75, 3.05) is 6.54 Å². The van der Waals surface area contributed by atoms with Gasteiger partial charge < -0.3 is 4.90 Å². The number of piperidine rings is 1. The number of carbonyl (C=O) groups is 2. The normalized spacial score (nSPS) is 18.9. The lowest BCUT2D eigenvalue weighted by atomic mass is 9.96. The van der Waals surface area contributed by atoms with Gasteiger partial charge in [0.2, 0.25) is 0 Å². The predicted octanol–water partition coefficient (Wildman–Crippen LogP) is 3.73. The highest BCUT2D eigenvalue weighted by Crippen LogP contribution is 2.24. The van der Waals surface area contributed by atoms with Crippen LogP contribution >= 0.6 is 15.9 Å². The zero-order valence-corrected chi connectivity index (χ0v) is 13.6. The number of amides is 1. The van der Waals surface area contributed by atoms with Gasteiger partial charge in [-0.2, -0.15) is 0 Å². The van der Waals surface area contributed by atoms with E-state index in [2.05, 4.69) is 15.9 Å². The molecule has 4 heteroatoms. The molecule has 0 saturated carbocycles. The molecular formula is C16H20BrNO2. The average molecular weight is 338 g/mol. The second-order valence-electron chi connectivity index (χ2n) is 5.52. The number of likely N-dealkylation sites (tertiary alicyclic amines) is 1. The fourth-order valence-corrected chi connectivity index (χ4v) is 3.00. The number of Topliss-reactive ketones (excluding diaryl/α,β-unsaturated/α-hetero) is 1. The summed E-state index contributed by atoms with van der Waals surface area (Å²) in [6.07, 6.45) is 3.53. The summed E-state index contributed by atoms with van der Waals surface area (Å²) in [5.41, 5.74) is 1.76. The molecule has 3 nitrogen and oxygen atoms in total. The zero-order valence-electron chi connectivity index (χ0n) is 12.0. The molecule has 1 aliphatic heterocycles. The second-order valence-corrected chi connectivity index (χ2v) is 6.37. The van der Waals surface area contributed by atoms with E-state index in [4.69, 9.17) is 0 Å². The molecule has 0 aliphatic carbocycles. The van der Waals surface area contributed by atoms with Crippen LogP contribution in [0.2, 0.25) is 0 Å².